The van der Waals surface area contributed by atoms with Gasteiger partial charge in [0.2, 0.25) is 0 Å². The molecule has 0 aromatic heterocycles. The predicted molar refractivity (Wildman–Crippen MR) is 126 cm³/mol. The van der Waals surface area contributed by atoms with E-state index in [1.165, 1.54) is 30.3 Å². The van der Waals surface area contributed by atoms with Gasteiger partial charge in [-0.25, -0.2) is 0 Å². The maximum atomic E-state index is 10.2. The van der Waals surface area contributed by atoms with Gasteiger partial charge in [0.1, 0.15) is 23.4 Å². The molecule has 37 heavy (non-hydrogen) atoms. The van der Waals surface area contributed by atoms with Gasteiger partial charge in [-0.3, -0.25) is 19.2 Å². The molecule has 0 bridgehead atoms. The van der Waals surface area contributed by atoms with Gasteiger partial charge < -0.3 is 50.7 Å². The molecule has 0 spiro atoms. The highest BCUT2D eigenvalue weighted by Crippen LogP contribution is 2.42. The fourth-order valence-corrected chi connectivity index (χ4v) is 2.47. The Kier molecular flexibility index (Phi) is 15.7. The summed E-state index contributed by atoms with van der Waals surface area (Å²) in [5.41, 5.74) is 0.894. The molecule has 1 heterocycles. The highest BCUT2D eigenvalue weighted by Gasteiger charge is 2.32. The molecular weight excluding hydrogens is 500 g/mol. The zero-order chi connectivity index (χ0) is 29.5. The van der Waals surface area contributed by atoms with Crippen molar-refractivity contribution < 1.29 is 69.9 Å². The average molecular weight is 530 g/mol. The Morgan fingerprint density at radius 3 is 1.54 bits per heavy atom. The first-order valence-corrected chi connectivity index (χ1v) is 10.1. The summed E-state index contributed by atoms with van der Waals surface area (Å²) in [4.78, 5) is 36.0. The van der Waals surface area contributed by atoms with Crippen LogP contribution in [0.3, 0.4) is 0 Å². The number of aliphatic hydroxyl groups is 1. The van der Waals surface area contributed by atoms with E-state index in [-0.39, 0.29) is 35.2 Å². The second kappa shape index (κ2) is 16.8. The molecule has 14 nitrogen and oxygen atoms in total. The third-order valence-corrected chi connectivity index (χ3v) is 3.51. The van der Waals surface area contributed by atoms with E-state index >= 15 is 0 Å². The monoisotopic (exact) mass is 530 g/mol. The van der Waals surface area contributed by atoms with Crippen LogP contribution in [0.2, 0.25) is 0 Å². The van der Waals surface area contributed by atoms with Gasteiger partial charge in [0.15, 0.2) is 11.5 Å². The molecule has 0 saturated carbocycles. The van der Waals surface area contributed by atoms with Gasteiger partial charge in [0.25, 0.3) is 23.9 Å². The molecule has 2 atom stereocenters. The SMILES string of the molecule is CC(=O)O.CC(=O)O.CC(=O)O.CC(=O)O.Oc1cc(O)c2c(c1)O[C@H](c1ccc(O)c(O)c1)[C@@H](O)C2. The van der Waals surface area contributed by atoms with Crippen molar-refractivity contribution in [3.05, 3.63) is 41.5 Å². The fraction of sp³-hybridized carbons (Fsp3) is 0.304. The van der Waals surface area contributed by atoms with Crippen LogP contribution in [0.1, 0.15) is 44.9 Å². The molecule has 2 aromatic rings. The quantitative estimate of drug-likeness (QED) is 0.239. The largest absolute Gasteiger partial charge is 0.508 e. The molecule has 1 aliphatic heterocycles. The summed E-state index contributed by atoms with van der Waals surface area (Å²) in [6, 6.07) is 6.67. The number of carboxylic acid groups (broad SMARTS) is 4. The minimum Gasteiger partial charge on any atom is -0.508 e. The maximum absolute atomic E-state index is 10.2. The fourth-order valence-electron chi connectivity index (χ4n) is 2.47. The zero-order valence-corrected chi connectivity index (χ0v) is 20.3. The Hall–Kier alpha value is -4.72. The van der Waals surface area contributed by atoms with Crippen LogP contribution in [-0.2, 0) is 25.6 Å². The minimum absolute atomic E-state index is 0.143. The Balaban J connectivity index is 0. The van der Waals surface area contributed by atoms with E-state index in [9.17, 15) is 25.5 Å². The molecule has 0 unspecified atom stereocenters. The smallest absolute Gasteiger partial charge is 0.300 e. The van der Waals surface area contributed by atoms with E-state index in [2.05, 4.69) is 0 Å². The molecule has 0 aliphatic carbocycles. The number of ether oxygens (including phenoxy) is 1. The minimum atomic E-state index is -0.933. The van der Waals surface area contributed by atoms with Gasteiger partial charge in [0, 0.05) is 51.8 Å². The molecule has 0 saturated heterocycles. The molecule has 206 valence electrons. The lowest BCUT2D eigenvalue weighted by molar-refractivity contribution is -0.135. The molecule has 14 heteroatoms. The second-order valence-electron chi connectivity index (χ2n) is 7.08. The molecular formula is C23H30O14. The van der Waals surface area contributed by atoms with E-state index in [0.717, 1.165) is 27.7 Å². The summed E-state index contributed by atoms with van der Waals surface area (Å²) in [7, 11) is 0. The molecule has 9 N–H and O–H groups in total. The van der Waals surface area contributed by atoms with E-state index in [4.69, 9.17) is 44.3 Å². The molecule has 0 amide bonds. The van der Waals surface area contributed by atoms with Crippen molar-refractivity contribution in [1.29, 1.82) is 0 Å². The number of phenolic OH excluding ortho intramolecular Hbond substituents is 4. The number of hydrogen-bond acceptors (Lipinski definition) is 10. The summed E-state index contributed by atoms with van der Waals surface area (Å²) in [6.45, 7) is 4.33. The normalized spacial score (nSPS) is 14.4. The van der Waals surface area contributed by atoms with Crippen LogP contribution in [0.4, 0.5) is 0 Å². The average Bonchev–Trinajstić information content (AvgIpc) is 2.69. The third-order valence-electron chi connectivity index (χ3n) is 3.51. The lowest BCUT2D eigenvalue weighted by Crippen LogP contribution is -2.30. The number of aliphatic carboxylic acids is 4. The van der Waals surface area contributed by atoms with Crippen molar-refractivity contribution in [3.8, 4) is 28.7 Å². The first-order valence-electron chi connectivity index (χ1n) is 10.1. The van der Waals surface area contributed by atoms with Gasteiger partial charge in [-0.2, -0.15) is 0 Å². The molecule has 2 aromatic carbocycles. The van der Waals surface area contributed by atoms with Crippen LogP contribution in [0.15, 0.2) is 30.3 Å². The van der Waals surface area contributed by atoms with E-state index in [0.29, 0.717) is 11.1 Å². The van der Waals surface area contributed by atoms with Crippen molar-refractivity contribution in [2.75, 3.05) is 0 Å². The van der Waals surface area contributed by atoms with Crippen molar-refractivity contribution in [3.63, 3.8) is 0 Å². The van der Waals surface area contributed by atoms with Gasteiger partial charge in [-0.15, -0.1) is 0 Å². The number of benzene rings is 2. The van der Waals surface area contributed by atoms with Gasteiger partial charge in [0.05, 0.1) is 6.10 Å². The van der Waals surface area contributed by atoms with Crippen LogP contribution >= 0.6 is 0 Å². The number of aromatic hydroxyl groups is 4. The molecule has 0 fully saturated rings. The Labute approximate surface area is 210 Å². The zero-order valence-electron chi connectivity index (χ0n) is 20.3. The third kappa shape index (κ3) is 16.5. The van der Waals surface area contributed by atoms with Crippen molar-refractivity contribution in [2.24, 2.45) is 0 Å². The first kappa shape index (κ1) is 34.4. The standard InChI is InChI=1S/C15H14O6.4C2H4O2/c16-8-4-11(18)9-6-13(20)15(21-14(9)5-8)7-1-2-10(17)12(19)3-7;4*1-2(3)4/h1-5,13,15-20H,6H2;4*1H3,(H,3,4)/t13-,15+;;;;/m0..../s1. The van der Waals surface area contributed by atoms with Crippen LogP contribution in [0.25, 0.3) is 0 Å². The number of fused-ring (bicyclic) bond motifs is 1. The second-order valence-corrected chi connectivity index (χ2v) is 7.08. The Morgan fingerprint density at radius 2 is 1.14 bits per heavy atom. The highest BCUT2D eigenvalue weighted by molar-refractivity contribution is 5.63. The number of carbonyl (C=O) groups is 4. The number of hydrogen-bond donors (Lipinski definition) is 9. The van der Waals surface area contributed by atoms with Crippen LogP contribution in [-0.4, -0.2) is 75.9 Å². The van der Waals surface area contributed by atoms with E-state index in [1.807, 2.05) is 0 Å². The van der Waals surface area contributed by atoms with Crippen molar-refractivity contribution in [2.45, 2.75) is 46.3 Å². The van der Waals surface area contributed by atoms with Crippen LogP contribution in [0, 0.1) is 0 Å². The molecule has 1 aliphatic rings. The maximum Gasteiger partial charge on any atom is 0.300 e. The van der Waals surface area contributed by atoms with Crippen LogP contribution in [0.5, 0.6) is 28.7 Å². The Morgan fingerprint density at radius 1 is 0.703 bits per heavy atom. The highest BCUT2D eigenvalue weighted by atomic mass is 16.5. The van der Waals surface area contributed by atoms with E-state index in [1.54, 1.807) is 0 Å². The predicted octanol–water partition coefficient (Wildman–Crippen LogP) is 1.91. The Bertz CT molecular complexity index is 1000. The van der Waals surface area contributed by atoms with Crippen molar-refractivity contribution >= 4 is 23.9 Å². The van der Waals surface area contributed by atoms with Gasteiger partial charge in [-0.1, -0.05) is 6.07 Å². The summed E-state index contributed by atoms with van der Waals surface area (Å²) in [6.07, 6.45) is -1.56. The summed E-state index contributed by atoms with van der Waals surface area (Å²) in [5.74, 6) is -3.92. The number of phenols is 4. The molecule has 0 radical (unpaired) electrons. The van der Waals surface area contributed by atoms with Gasteiger partial charge in [-0.05, 0) is 17.7 Å². The molecule has 3 rings (SSSR count). The lowest BCUT2D eigenvalue weighted by atomic mass is 9.94. The van der Waals surface area contributed by atoms with Crippen molar-refractivity contribution in [1.82, 2.24) is 0 Å². The summed E-state index contributed by atoms with van der Waals surface area (Å²) >= 11 is 0. The number of carboxylic acids is 4. The summed E-state index contributed by atoms with van der Waals surface area (Å²) in [5, 5.41) is 78.0. The van der Waals surface area contributed by atoms with E-state index < -0.39 is 36.1 Å². The number of aliphatic hydroxyl groups excluding tert-OH is 1. The number of rotatable bonds is 1. The topological polar surface area (TPSA) is 260 Å². The summed E-state index contributed by atoms with van der Waals surface area (Å²) < 4.78 is 5.62. The first-order chi connectivity index (χ1) is 16.9. The van der Waals surface area contributed by atoms with Crippen LogP contribution < -0.4 is 4.74 Å². The van der Waals surface area contributed by atoms with Gasteiger partial charge >= 0.3 is 0 Å². The lowest BCUT2D eigenvalue weighted by Gasteiger charge is -2.31.